The Morgan fingerprint density at radius 2 is 0.708 bits per heavy atom. The summed E-state index contributed by atoms with van der Waals surface area (Å²) in [6.07, 6.45) is 0. The molecule has 0 bridgehead atoms. The summed E-state index contributed by atoms with van der Waals surface area (Å²) < 4.78 is 0. The van der Waals surface area contributed by atoms with Crippen molar-refractivity contribution in [3.05, 3.63) is 265 Å². The van der Waals surface area contributed by atoms with Gasteiger partial charge in [0.15, 0.2) is 5.82 Å². The first kappa shape index (κ1) is 37.1. The van der Waals surface area contributed by atoms with Crippen LogP contribution in [0.5, 0.6) is 0 Å². The molecule has 0 N–H and O–H groups in total. The molecule has 302 valence electrons. The SMILES string of the molecule is c1ccc(-c2nc(-c3ccc4c5ccccc5c5ccccc5c4c3)cc(-c3ccc(-c4ccc5c(c4)C(c4ccccc4)(c4ccccc4)c4ccccc4-5)c4ccccc34)n2)cc1. The average molecular weight is 825 g/mol. The minimum Gasteiger partial charge on any atom is -0.228 e. The zero-order valence-corrected chi connectivity index (χ0v) is 35.5. The molecule has 1 heterocycles. The molecule has 0 unspecified atom stereocenters. The average Bonchev–Trinajstić information content (AvgIpc) is 3.69. The van der Waals surface area contributed by atoms with Crippen molar-refractivity contribution in [2.75, 3.05) is 0 Å². The molecular weight excluding hydrogens is 785 g/mol. The van der Waals surface area contributed by atoms with E-state index in [1.807, 2.05) is 6.07 Å². The number of aromatic nitrogens is 2. The van der Waals surface area contributed by atoms with E-state index in [4.69, 9.17) is 9.97 Å². The van der Waals surface area contributed by atoms with Gasteiger partial charge in [-0.25, -0.2) is 9.97 Å². The number of hydrogen-bond donors (Lipinski definition) is 0. The minimum absolute atomic E-state index is 0.479. The summed E-state index contributed by atoms with van der Waals surface area (Å²) >= 11 is 0. The molecule has 1 aliphatic carbocycles. The lowest BCUT2D eigenvalue weighted by Gasteiger charge is -2.34. The largest absolute Gasteiger partial charge is 0.228 e. The molecule has 65 heavy (non-hydrogen) atoms. The van der Waals surface area contributed by atoms with Crippen LogP contribution in [-0.4, -0.2) is 9.97 Å². The standard InChI is InChI=1S/C63H40N2/c1-4-18-41(19-5-1)62-64-60(43-33-34-53-50-27-12-11-25-48(50)49-26-13-15-29-52(49)57(53)38-43)40-61(65-62)56-37-36-46(47-24-10-14-28-51(47)56)42-32-35-55-54-30-16-17-31-58(54)63(59(55)39-42,44-20-6-2-7-21-44)45-22-8-3-9-23-45/h1-40H. The highest BCUT2D eigenvalue weighted by molar-refractivity contribution is 6.25. The van der Waals surface area contributed by atoms with Crippen LogP contribution in [0.15, 0.2) is 243 Å². The molecule has 2 heteroatoms. The highest BCUT2D eigenvalue weighted by Gasteiger charge is 2.46. The Balaban J connectivity index is 1.00. The Labute approximate surface area is 377 Å². The number of rotatable bonds is 6. The molecule has 0 fully saturated rings. The first-order valence-electron chi connectivity index (χ1n) is 22.4. The van der Waals surface area contributed by atoms with E-state index < -0.39 is 5.41 Å². The van der Waals surface area contributed by atoms with E-state index in [2.05, 4.69) is 237 Å². The maximum Gasteiger partial charge on any atom is 0.160 e. The van der Waals surface area contributed by atoms with Gasteiger partial charge in [0.25, 0.3) is 0 Å². The molecule has 11 aromatic carbocycles. The summed E-state index contributed by atoms with van der Waals surface area (Å²) in [6.45, 7) is 0. The molecule has 13 rings (SSSR count). The second kappa shape index (κ2) is 14.8. The van der Waals surface area contributed by atoms with Gasteiger partial charge in [0, 0.05) is 16.7 Å². The van der Waals surface area contributed by atoms with E-state index in [9.17, 15) is 0 Å². The lowest BCUT2D eigenvalue weighted by molar-refractivity contribution is 0.769. The number of benzene rings is 11. The van der Waals surface area contributed by atoms with Crippen molar-refractivity contribution in [3.63, 3.8) is 0 Å². The topological polar surface area (TPSA) is 25.8 Å². The molecule has 2 nitrogen and oxygen atoms in total. The third-order valence-electron chi connectivity index (χ3n) is 13.8. The van der Waals surface area contributed by atoms with E-state index in [1.165, 1.54) is 82.2 Å². The molecule has 0 atom stereocenters. The fourth-order valence-corrected chi connectivity index (χ4v) is 10.9. The van der Waals surface area contributed by atoms with Gasteiger partial charge >= 0.3 is 0 Å². The first-order valence-corrected chi connectivity index (χ1v) is 22.4. The monoisotopic (exact) mass is 824 g/mol. The predicted molar refractivity (Wildman–Crippen MR) is 271 cm³/mol. The summed E-state index contributed by atoms with van der Waals surface area (Å²) in [7, 11) is 0. The van der Waals surface area contributed by atoms with Crippen molar-refractivity contribution < 1.29 is 0 Å². The van der Waals surface area contributed by atoms with Crippen LogP contribution < -0.4 is 0 Å². The Morgan fingerprint density at radius 3 is 1.37 bits per heavy atom. The number of nitrogens with zero attached hydrogens (tertiary/aromatic N) is 2. The van der Waals surface area contributed by atoms with Crippen LogP contribution in [0, 0.1) is 0 Å². The molecule has 0 spiro atoms. The van der Waals surface area contributed by atoms with E-state index in [0.29, 0.717) is 5.82 Å². The van der Waals surface area contributed by atoms with Gasteiger partial charge in [-0.1, -0.05) is 224 Å². The van der Waals surface area contributed by atoms with Crippen LogP contribution in [0.2, 0.25) is 0 Å². The summed E-state index contributed by atoms with van der Waals surface area (Å²) in [5, 5.41) is 9.80. The van der Waals surface area contributed by atoms with E-state index in [0.717, 1.165) is 33.5 Å². The summed E-state index contributed by atoms with van der Waals surface area (Å²) in [5.41, 5.74) is 14.4. The molecule has 0 radical (unpaired) electrons. The Kier molecular flexibility index (Phi) is 8.47. The molecule has 12 aromatic rings. The smallest absolute Gasteiger partial charge is 0.160 e. The quantitative estimate of drug-likeness (QED) is 0.156. The highest BCUT2D eigenvalue weighted by Crippen LogP contribution is 2.57. The van der Waals surface area contributed by atoms with Gasteiger partial charge in [-0.05, 0) is 106 Å². The zero-order valence-electron chi connectivity index (χ0n) is 35.5. The number of hydrogen-bond acceptors (Lipinski definition) is 2. The molecule has 0 amide bonds. The van der Waals surface area contributed by atoms with Gasteiger partial charge < -0.3 is 0 Å². The molecule has 0 aliphatic heterocycles. The predicted octanol–water partition coefficient (Wildman–Crippen LogP) is 16.1. The molecule has 0 saturated carbocycles. The fraction of sp³-hybridized carbons (Fsp3) is 0.0159. The van der Waals surface area contributed by atoms with Crippen molar-refractivity contribution in [3.8, 4) is 56.2 Å². The van der Waals surface area contributed by atoms with Gasteiger partial charge in [0.05, 0.1) is 16.8 Å². The van der Waals surface area contributed by atoms with Crippen LogP contribution in [0.4, 0.5) is 0 Å². The van der Waals surface area contributed by atoms with Crippen LogP contribution in [-0.2, 0) is 5.41 Å². The van der Waals surface area contributed by atoms with Gasteiger partial charge in [-0.3, -0.25) is 0 Å². The van der Waals surface area contributed by atoms with Crippen molar-refractivity contribution >= 4 is 43.1 Å². The second-order valence-electron chi connectivity index (χ2n) is 17.2. The van der Waals surface area contributed by atoms with Crippen LogP contribution in [0.25, 0.3) is 99.2 Å². The first-order chi connectivity index (χ1) is 32.2. The zero-order chi connectivity index (χ0) is 42.9. The summed E-state index contributed by atoms with van der Waals surface area (Å²) in [6, 6.07) is 88.3. The van der Waals surface area contributed by atoms with Crippen molar-refractivity contribution in [1.29, 1.82) is 0 Å². The normalized spacial score (nSPS) is 12.7. The third kappa shape index (κ3) is 5.74. The lowest BCUT2D eigenvalue weighted by atomic mass is 9.67. The van der Waals surface area contributed by atoms with E-state index >= 15 is 0 Å². The van der Waals surface area contributed by atoms with Gasteiger partial charge in [0.1, 0.15) is 0 Å². The van der Waals surface area contributed by atoms with Gasteiger partial charge in [-0.2, -0.15) is 0 Å². The number of fused-ring (bicyclic) bond motifs is 10. The van der Waals surface area contributed by atoms with Gasteiger partial charge in [0.2, 0.25) is 0 Å². The Morgan fingerprint density at radius 1 is 0.246 bits per heavy atom. The van der Waals surface area contributed by atoms with Crippen LogP contribution >= 0.6 is 0 Å². The summed E-state index contributed by atoms with van der Waals surface area (Å²) in [5.74, 6) is 0.700. The molecule has 1 aromatic heterocycles. The molecule has 0 saturated heterocycles. The van der Waals surface area contributed by atoms with Crippen molar-refractivity contribution in [1.82, 2.24) is 9.97 Å². The second-order valence-corrected chi connectivity index (χ2v) is 17.2. The van der Waals surface area contributed by atoms with Crippen molar-refractivity contribution in [2.45, 2.75) is 5.41 Å². The van der Waals surface area contributed by atoms with E-state index in [1.54, 1.807) is 0 Å². The van der Waals surface area contributed by atoms with E-state index in [-0.39, 0.29) is 0 Å². The minimum atomic E-state index is -0.479. The molecule has 1 aliphatic rings. The van der Waals surface area contributed by atoms with Gasteiger partial charge in [-0.15, -0.1) is 0 Å². The maximum absolute atomic E-state index is 5.35. The van der Waals surface area contributed by atoms with Crippen LogP contribution in [0.3, 0.4) is 0 Å². The fourth-order valence-electron chi connectivity index (χ4n) is 10.9. The van der Waals surface area contributed by atoms with Crippen molar-refractivity contribution in [2.24, 2.45) is 0 Å². The lowest BCUT2D eigenvalue weighted by Crippen LogP contribution is -2.28. The molecular formula is C63H40N2. The Hall–Kier alpha value is -8.46. The summed E-state index contributed by atoms with van der Waals surface area (Å²) in [4.78, 5) is 10.6. The third-order valence-corrected chi connectivity index (χ3v) is 13.8. The Bertz CT molecular complexity index is 3740. The maximum atomic E-state index is 5.35. The van der Waals surface area contributed by atoms with Crippen LogP contribution in [0.1, 0.15) is 22.3 Å². The highest BCUT2D eigenvalue weighted by atomic mass is 14.9.